The SMILES string of the molecule is NC1(N)C=C2C(=CC1)Oc1c(cc(Cl)nc1F)[C@@]21CCOC=N1. The molecule has 1 atom stereocenters. The molecule has 0 saturated carbocycles. The Kier molecular flexibility index (Phi) is 3.03. The molecule has 1 aliphatic carbocycles. The molecule has 0 saturated heterocycles. The molecule has 3 heterocycles. The minimum Gasteiger partial charge on any atom is -0.483 e. The van der Waals surface area contributed by atoms with Crippen LogP contribution in [0.3, 0.4) is 0 Å². The van der Waals surface area contributed by atoms with Crippen LogP contribution in [0, 0.1) is 5.95 Å². The van der Waals surface area contributed by atoms with Crippen molar-refractivity contribution in [3.63, 3.8) is 0 Å². The summed E-state index contributed by atoms with van der Waals surface area (Å²) in [6.07, 6.45) is 5.69. The Balaban J connectivity index is 2.03. The van der Waals surface area contributed by atoms with Crippen LogP contribution < -0.4 is 16.2 Å². The predicted octanol–water partition coefficient (Wildman–Crippen LogP) is 1.74. The highest BCUT2D eigenvalue weighted by atomic mass is 35.5. The molecule has 0 unspecified atom stereocenters. The number of pyridine rings is 1. The van der Waals surface area contributed by atoms with Crippen LogP contribution in [-0.2, 0) is 10.3 Å². The molecule has 6 nitrogen and oxygen atoms in total. The van der Waals surface area contributed by atoms with Crippen molar-refractivity contribution in [1.82, 2.24) is 4.98 Å². The Morgan fingerprint density at radius 3 is 2.91 bits per heavy atom. The first-order valence-electron chi connectivity index (χ1n) is 7.13. The fraction of sp³-hybridized carbons (Fsp3) is 0.333. The summed E-state index contributed by atoms with van der Waals surface area (Å²) in [5, 5.41) is 0.0292. The van der Waals surface area contributed by atoms with Crippen molar-refractivity contribution in [2.75, 3.05) is 6.61 Å². The third-order valence-corrected chi connectivity index (χ3v) is 4.45. The van der Waals surface area contributed by atoms with Gasteiger partial charge < -0.3 is 20.9 Å². The molecular formula is C15H14ClFN4O2. The Labute approximate surface area is 136 Å². The Morgan fingerprint density at radius 2 is 2.17 bits per heavy atom. The van der Waals surface area contributed by atoms with E-state index in [0.717, 1.165) is 0 Å². The molecule has 1 aromatic rings. The van der Waals surface area contributed by atoms with Gasteiger partial charge in [-0.05, 0) is 18.2 Å². The second-order valence-electron chi connectivity index (χ2n) is 5.87. The molecule has 0 aromatic carbocycles. The van der Waals surface area contributed by atoms with Crippen LogP contribution in [-0.4, -0.2) is 23.7 Å². The molecular weight excluding hydrogens is 323 g/mol. The average Bonchev–Trinajstić information content (AvgIpc) is 2.50. The van der Waals surface area contributed by atoms with Crippen LogP contribution in [0.15, 0.2) is 34.5 Å². The lowest BCUT2D eigenvalue weighted by Gasteiger charge is -2.42. The minimum absolute atomic E-state index is 0.0263. The molecule has 0 fully saturated rings. The standard InChI is InChI=1S/C15H14ClFN4O2/c16-11-5-8-12(13(17)21-11)23-10-1-2-14(18,19)6-9(10)15(8)3-4-22-7-20-15/h1,5-7H,2-4,18-19H2/t15-/m0/s1. The van der Waals surface area contributed by atoms with Gasteiger partial charge in [0.05, 0.1) is 12.3 Å². The first-order valence-corrected chi connectivity index (χ1v) is 7.50. The van der Waals surface area contributed by atoms with E-state index in [1.54, 1.807) is 18.2 Å². The van der Waals surface area contributed by atoms with E-state index in [-0.39, 0.29) is 10.9 Å². The summed E-state index contributed by atoms with van der Waals surface area (Å²) in [4.78, 5) is 8.12. The average molecular weight is 337 g/mol. The molecule has 120 valence electrons. The number of aliphatic imine (C=N–C) groups is 1. The summed E-state index contributed by atoms with van der Waals surface area (Å²) >= 11 is 5.94. The molecule has 0 radical (unpaired) electrons. The molecule has 4 N–H and O–H groups in total. The number of fused-ring (bicyclic) bond motifs is 4. The van der Waals surface area contributed by atoms with Gasteiger partial charge in [-0.1, -0.05) is 11.6 Å². The van der Waals surface area contributed by atoms with E-state index in [9.17, 15) is 4.39 Å². The number of ether oxygens (including phenoxy) is 2. The van der Waals surface area contributed by atoms with Gasteiger partial charge in [0, 0.05) is 24.0 Å². The zero-order chi connectivity index (χ0) is 16.2. The van der Waals surface area contributed by atoms with Crippen molar-refractivity contribution in [3.8, 4) is 5.75 Å². The highest BCUT2D eigenvalue weighted by Gasteiger charge is 2.48. The number of hydrogen-bond acceptors (Lipinski definition) is 6. The second-order valence-corrected chi connectivity index (χ2v) is 6.26. The molecule has 3 aliphatic rings. The summed E-state index contributed by atoms with van der Waals surface area (Å²) in [7, 11) is 0. The summed E-state index contributed by atoms with van der Waals surface area (Å²) in [5.74, 6) is -0.254. The number of hydrogen-bond donors (Lipinski definition) is 2. The van der Waals surface area contributed by atoms with Gasteiger partial charge in [0.15, 0.2) is 12.2 Å². The van der Waals surface area contributed by atoms with Crippen LogP contribution in [0.2, 0.25) is 5.15 Å². The maximum atomic E-state index is 14.3. The van der Waals surface area contributed by atoms with Crippen LogP contribution >= 0.6 is 11.6 Å². The minimum atomic E-state index is -1.02. The maximum Gasteiger partial charge on any atom is 0.257 e. The summed E-state index contributed by atoms with van der Waals surface area (Å²) in [5.41, 5.74) is 11.4. The van der Waals surface area contributed by atoms with Crippen molar-refractivity contribution in [3.05, 3.63) is 46.2 Å². The van der Waals surface area contributed by atoms with Crippen molar-refractivity contribution >= 4 is 18.0 Å². The number of halogens is 2. The lowest BCUT2D eigenvalue weighted by Crippen LogP contribution is -2.51. The van der Waals surface area contributed by atoms with Gasteiger partial charge >= 0.3 is 0 Å². The number of aromatic nitrogens is 1. The second kappa shape index (κ2) is 4.77. The largest absolute Gasteiger partial charge is 0.483 e. The van der Waals surface area contributed by atoms with Crippen LogP contribution in [0.1, 0.15) is 18.4 Å². The van der Waals surface area contributed by atoms with E-state index in [4.69, 9.17) is 32.5 Å². The quantitative estimate of drug-likeness (QED) is 0.555. The first kappa shape index (κ1) is 14.6. The first-order chi connectivity index (χ1) is 10.9. The third-order valence-electron chi connectivity index (χ3n) is 4.25. The molecule has 4 rings (SSSR count). The molecule has 8 heteroatoms. The molecule has 1 spiro atoms. The third kappa shape index (κ3) is 2.15. The highest BCUT2D eigenvalue weighted by molar-refractivity contribution is 6.29. The molecule has 2 aliphatic heterocycles. The van der Waals surface area contributed by atoms with Crippen molar-refractivity contribution in [2.24, 2.45) is 16.5 Å². The Bertz CT molecular complexity index is 790. The molecule has 0 bridgehead atoms. The molecule has 0 amide bonds. The van der Waals surface area contributed by atoms with E-state index in [1.165, 1.54) is 6.40 Å². The van der Waals surface area contributed by atoms with Crippen molar-refractivity contribution < 1.29 is 13.9 Å². The van der Waals surface area contributed by atoms with E-state index >= 15 is 0 Å². The van der Waals surface area contributed by atoms with Crippen LogP contribution in [0.25, 0.3) is 0 Å². The van der Waals surface area contributed by atoms with E-state index in [1.807, 2.05) is 0 Å². The highest BCUT2D eigenvalue weighted by Crippen LogP contribution is 2.52. The predicted molar refractivity (Wildman–Crippen MR) is 82.5 cm³/mol. The van der Waals surface area contributed by atoms with E-state index in [0.29, 0.717) is 36.3 Å². The fourth-order valence-corrected chi connectivity index (χ4v) is 3.37. The maximum absolute atomic E-state index is 14.3. The Hall–Kier alpha value is -1.96. The van der Waals surface area contributed by atoms with E-state index in [2.05, 4.69) is 9.98 Å². The van der Waals surface area contributed by atoms with Crippen molar-refractivity contribution in [2.45, 2.75) is 24.0 Å². The van der Waals surface area contributed by atoms with Gasteiger partial charge in [0.25, 0.3) is 5.95 Å². The topological polar surface area (TPSA) is 95.8 Å². The normalized spacial score (nSPS) is 27.3. The van der Waals surface area contributed by atoms with Gasteiger partial charge in [-0.25, -0.2) is 9.98 Å². The van der Waals surface area contributed by atoms with Gasteiger partial charge in [-0.15, -0.1) is 0 Å². The van der Waals surface area contributed by atoms with Gasteiger partial charge in [0.2, 0.25) is 0 Å². The van der Waals surface area contributed by atoms with Crippen molar-refractivity contribution in [1.29, 1.82) is 0 Å². The van der Waals surface area contributed by atoms with Gasteiger partial charge in [-0.2, -0.15) is 4.39 Å². The van der Waals surface area contributed by atoms with Crippen LogP contribution in [0.4, 0.5) is 4.39 Å². The van der Waals surface area contributed by atoms with Gasteiger partial charge in [-0.3, -0.25) is 0 Å². The van der Waals surface area contributed by atoms with E-state index < -0.39 is 17.1 Å². The number of rotatable bonds is 0. The molecule has 23 heavy (non-hydrogen) atoms. The number of nitrogens with two attached hydrogens (primary N) is 2. The molecule has 1 aromatic heterocycles. The lowest BCUT2D eigenvalue weighted by atomic mass is 9.74. The smallest absolute Gasteiger partial charge is 0.257 e. The zero-order valence-electron chi connectivity index (χ0n) is 12.1. The fourth-order valence-electron chi connectivity index (χ4n) is 3.19. The van der Waals surface area contributed by atoms with Gasteiger partial charge in [0.1, 0.15) is 16.5 Å². The summed E-state index contributed by atoms with van der Waals surface area (Å²) in [6.45, 7) is 0.414. The zero-order valence-corrected chi connectivity index (χ0v) is 12.8. The lowest BCUT2D eigenvalue weighted by molar-refractivity contribution is 0.221. The number of nitrogens with zero attached hydrogens (tertiary/aromatic N) is 2. The summed E-state index contributed by atoms with van der Waals surface area (Å²) in [6, 6.07) is 1.56. The summed E-state index contributed by atoms with van der Waals surface area (Å²) < 4.78 is 25.2. The Morgan fingerprint density at radius 1 is 1.35 bits per heavy atom. The monoisotopic (exact) mass is 336 g/mol. The van der Waals surface area contributed by atoms with Crippen LogP contribution in [0.5, 0.6) is 5.75 Å².